The molecule has 0 spiro atoms. The Morgan fingerprint density at radius 1 is 1.05 bits per heavy atom. The summed E-state index contributed by atoms with van der Waals surface area (Å²) in [5, 5.41) is 5.41. The van der Waals surface area contributed by atoms with Gasteiger partial charge in [-0.05, 0) is 42.8 Å². The smallest absolute Gasteiger partial charge is 0.314 e. The fourth-order valence-electron chi connectivity index (χ4n) is 1.71. The Kier molecular flexibility index (Phi) is 4.45. The van der Waals surface area contributed by atoms with Crippen molar-refractivity contribution in [3.05, 3.63) is 53.1 Å². The molecular formula is C15H14ClN3O2. The zero-order chi connectivity index (χ0) is 15.4. The number of nitrogen functional groups attached to an aromatic ring is 1. The van der Waals surface area contributed by atoms with Gasteiger partial charge in [0, 0.05) is 10.7 Å². The van der Waals surface area contributed by atoms with E-state index in [-0.39, 0.29) is 0 Å². The van der Waals surface area contributed by atoms with Crippen molar-refractivity contribution in [2.75, 3.05) is 16.4 Å². The van der Waals surface area contributed by atoms with Crippen molar-refractivity contribution >= 4 is 40.5 Å². The first-order chi connectivity index (χ1) is 9.95. The van der Waals surface area contributed by atoms with Gasteiger partial charge in [0.25, 0.3) is 0 Å². The van der Waals surface area contributed by atoms with Crippen molar-refractivity contribution in [2.45, 2.75) is 6.92 Å². The number of nitrogens with one attached hydrogen (secondary N) is 2. The van der Waals surface area contributed by atoms with Crippen LogP contribution >= 0.6 is 11.6 Å². The van der Waals surface area contributed by atoms with Gasteiger partial charge in [0.1, 0.15) is 0 Å². The summed E-state index contributed by atoms with van der Waals surface area (Å²) in [6.07, 6.45) is 0. The monoisotopic (exact) mass is 303 g/mol. The summed E-state index contributed by atoms with van der Waals surface area (Å²) in [5.74, 6) is -1.59. The minimum atomic E-state index is -0.799. The summed E-state index contributed by atoms with van der Waals surface area (Å²) in [6.45, 7) is 1.86. The van der Waals surface area contributed by atoms with Gasteiger partial charge in [0.2, 0.25) is 0 Å². The summed E-state index contributed by atoms with van der Waals surface area (Å²) >= 11 is 5.81. The molecule has 2 rings (SSSR count). The van der Waals surface area contributed by atoms with Crippen molar-refractivity contribution in [1.82, 2.24) is 0 Å². The summed E-state index contributed by atoms with van der Waals surface area (Å²) in [4.78, 5) is 23.7. The van der Waals surface area contributed by atoms with Gasteiger partial charge in [-0.3, -0.25) is 9.59 Å². The first-order valence-corrected chi connectivity index (χ1v) is 6.57. The molecule has 2 amide bonds. The van der Waals surface area contributed by atoms with Crippen LogP contribution in [-0.4, -0.2) is 11.8 Å². The van der Waals surface area contributed by atoms with Crippen LogP contribution in [0.3, 0.4) is 0 Å². The molecule has 0 saturated heterocycles. The van der Waals surface area contributed by atoms with Gasteiger partial charge >= 0.3 is 11.8 Å². The molecule has 0 aliphatic rings. The zero-order valence-corrected chi connectivity index (χ0v) is 12.1. The Morgan fingerprint density at radius 3 is 2.48 bits per heavy atom. The molecule has 0 heterocycles. The number of amides is 2. The number of anilines is 3. The lowest BCUT2D eigenvalue weighted by Gasteiger charge is -2.09. The molecule has 2 aromatic carbocycles. The average molecular weight is 304 g/mol. The molecule has 0 bridgehead atoms. The molecule has 5 nitrogen and oxygen atoms in total. The third kappa shape index (κ3) is 3.97. The SMILES string of the molecule is Cc1ccc(N)c(NC(=O)C(=O)Nc2cccc(Cl)c2)c1. The van der Waals surface area contributed by atoms with E-state index in [1.807, 2.05) is 13.0 Å². The highest BCUT2D eigenvalue weighted by Gasteiger charge is 2.15. The van der Waals surface area contributed by atoms with Gasteiger partial charge in [0.15, 0.2) is 0 Å². The molecule has 6 heteroatoms. The highest BCUT2D eigenvalue weighted by Crippen LogP contribution is 2.20. The van der Waals surface area contributed by atoms with Crippen molar-refractivity contribution in [3.8, 4) is 0 Å². The van der Waals surface area contributed by atoms with E-state index >= 15 is 0 Å². The quantitative estimate of drug-likeness (QED) is 0.589. The standard InChI is InChI=1S/C15H14ClN3O2/c1-9-5-6-12(17)13(7-9)19-15(21)14(20)18-11-4-2-3-10(16)8-11/h2-8H,17H2,1H3,(H,18,20)(H,19,21). The van der Waals surface area contributed by atoms with E-state index in [2.05, 4.69) is 10.6 Å². The van der Waals surface area contributed by atoms with Crippen LogP contribution in [0, 0.1) is 6.92 Å². The maximum absolute atomic E-state index is 11.9. The van der Waals surface area contributed by atoms with Crippen LogP contribution in [-0.2, 0) is 9.59 Å². The van der Waals surface area contributed by atoms with E-state index in [1.165, 1.54) is 0 Å². The van der Waals surface area contributed by atoms with E-state index in [4.69, 9.17) is 17.3 Å². The molecule has 108 valence electrons. The zero-order valence-electron chi connectivity index (χ0n) is 11.3. The van der Waals surface area contributed by atoms with Crippen molar-refractivity contribution < 1.29 is 9.59 Å². The predicted molar refractivity (Wildman–Crippen MR) is 84.3 cm³/mol. The number of halogens is 1. The van der Waals surface area contributed by atoms with Crippen molar-refractivity contribution in [3.63, 3.8) is 0 Å². The van der Waals surface area contributed by atoms with E-state index in [0.717, 1.165) is 5.56 Å². The minimum Gasteiger partial charge on any atom is -0.397 e. The fourth-order valence-corrected chi connectivity index (χ4v) is 1.90. The number of aryl methyl sites for hydroxylation is 1. The van der Waals surface area contributed by atoms with Crippen LogP contribution < -0.4 is 16.4 Å². The second kappa shape index (κ2) is 6.28. The van der Waals surface area contributed by atoms with Gasteiger partial charge in [-0.15, -0.1) is 0 Å². The summed E-state index contributed by atoms with van der Waals surface area (Å²) in [6, 6.07) is 11.7. The largest absolute Gasteiger partial charge is 0.397 e. The van der Waals surface area contributed by atoms with Crippen LogP contribution in [0.15, 0.2) is 42.5 Å². The topological polar surface area (TPSA) is 84.2 Å². The summed E-state index contributed by atoms with van der Waals surface area (Å²) in [7, 11) is 0. The number of benzene rings is 2. The lowest BCUT2D eigenvalue weighted by atomic mass is 10.2. The van der Waals surface area contributed by atoms with Gasteiger partial charge in [-0.25, -0.2) is 0 Å². The molecule has 0 radical (unpaired) electrons. The Morgan fingerprint density at radius 2 is 1.76 bits per heavy atom. The van der Waals surface area contributed by atoms with Crippen molar-refractivity contribution in [2.24, 2.45) is 0 Å². The number of nitrogens with two attached hydrogens (primary N) is 1. The second-order valence-electron chi connectivity index (χ2n) is 4.51. The third-order valence-corrected chi connectivity index (χ3v) is 2.98. The number of hydrogen-bond acceptors (Lipinski definition) is 3. The third-order valence-electron chi connectivity index (χ3n) is 2.75. The molecule has 0 atom stereocenters. The predicted octanol–water partition coefficient (Wildman–Crippen LogP) is 2.81. The molecule has 0 aliphatic carbocycles. The average Bonchev–Trinajstić information content (AvgIpc) is 2.43. The van der Waals surface area contributed by atoms with E-state index in [9.17, 15) is 9.59 Å². The number of carbonyl (C=O) groups is 2. The Labute approximate surface area is 127 Å². The van der Waals surface area contributed by atoms with Gasteiger partial charge in [-0.2, -0.15) is 0 Å². The number of carbonyl (C=O) groups excluding carboxylic acids is 2. The first kappa shape index (κ1) is 14.9. The van der Waals surface area contributed by atoms with E-state index in [1.54, 1.807) is 36.4 Å². The molecule has 21 heavy (non-hydrogen) atoms. The molecular weight excluding hydrogens is 290 g/mol. The lowest BCUT2D eigenvalue weighted by Crippen LogP contribution is -2.29. The van der Waals surface area contributed by atoms with Crippen LogP contribution in [0.4, 0.5) is 17.1 Å². The van der Waals surface area contributed by atoms with Gasteiger partial charge in [0.05, 0.1) is 11.4 Å². The molecule has 0 aliphatic heterocycles. The molecule has 4 N–H and O–H groups in total. The molecule has 0 saturated carbocycles. The van der Waals surface area contributed by atoms with Crippen LogP contribution in [0.2, 0.25) is 5.02 Å². The normalized spacial score (nSPS) is 10.0. The Hall–Kier alpha value is -2.53. The maximum atomic E-state index is 11.9. The molecule has 0 unspecified atom stereocenters. The van der Waals surface area contributed by atoms with Gasteiger partial charge in [-0.1, -0.05) is 23.7 Å². The fraction of sp³-hybridized carbons (Fsp3) is 0.0667. The molecule has 0 aromatic heterocycles. The maximum Gasteiger partial charge on any atom is 0.314 e. The summed E-state index contributed by atoms with van der Waals surface area (Å²) in [5.41, 5.74) is 7.91. The van der Waals surface area contributed by atoms with Crippen LogP contribution in [0.1, 0.15) is 5.56 Å². The minimum absolute atomic E-state index is 0.393. The van der Waals surface area contributed by atoms with Crippen molar-refractivity contribution in [1.29, 1.82) is 0 Å². The first-order valence-electron chi connectivity index (χ1n) is 6.20. The molecule has 0 fully saturated rings. The van der Waals surface area contributed by atoms with E-state index in [0.29, 0.717) is 22.1 Å². The Bertz CT molecular complexity index is 701. The van der Waals surface area contributed by atoms with Crippen LogP contribution in [0.5, 0.6) is 0 Å². The lowest BCUT2D eigenvalue weighted by molar-refractivity contribution is -0.132. The summed E-state index contributed by atoms with van der Waals surface area (Å²) < 4.78 is 0. The second-order valence-corrected chi connectivity index (χ2v) is 4.95. The number of hydrogen-bond donors (Lipinski definition) is 3. The van der Waals surface area contributed by atoms with Crippen LogP contribution in [0.25, 0.3) is 0 Å². The molecule has 2 aromatic rings. The number of rotatable bonds is 2. The van der Waals surface area contributed by atoms with E-state index < -0.39 is 11.8 Å². The highest BCUT2D eigenvalue weighted by atomic mass is 35.5. The van der Waals surface area contributed by atoms with Gasteiger partial charge < -0.3 is 16.4 Å². The Balaban J connectivity index is 2.06. The highest BCUT2D eigenvalue weighted by molar-refractivity contribution is 6.44.